The van der Waals surface area contributed by atoms with Gasteiger partial charge in [-0.15, -0.1) is 11.3 Å². The van der Waals surface area contributed by atoms with Crippen molar-refractivity contribution >= 4 is 27.3 Å². The summed E-state index contributed by atoms with van der Waals surface area (Å²) in [6, 6.07) is 5.85. The molecule has 0 saturated carbocycles. The molecule has 2 heterocycles. The Kier molecular flexibility index (Phi) is 2.14. The first-order chi connectivity index (χ1) is 7.33. The number of hydrogen-bond acceptors (Lipinski definition) is 4. The monoisotopic (exact) mass is 283 g/mol. The van der Waals surface area contributed by atoms with Crippen LogP contribution in [0.5, 0.6) is 11.5 Å². The second kappa shape index (κ2) is 3.50. The largest absolute Gasteiger partial charge is 0.454 e. The molecule has 1 aromatic heterocycles. The predicted octanol–water partition coefficient (Wildman–Crippen LogP) is 3.30. The minimum Gasteiger partial charge on any atom is -0.454 e. The van der Waals surface area contributed by atoms with Gasteiger partial charge in [0.1, 0.15) is 9.61 Å². The molecule has 1 aromatic carbocycles. The molecule has 1 aliphatic rings. The highest BCUT2D eigenvalue weighted by molar-refractivity contribution is 9.10. The lowest BCUT2D eigenvalue weighted by Gasteiger charge is -1.98. The molecule has 0 saturated heterocycles. The molecular weight excluding hydrogens is 278 g/mol. The van der Waals surface area contributed by atoms with Gasteiger partial charge in [-0.05, 0) is 34.1 Å². The summed E-state index contributed by atoms with van der Waals surface area (Å²) < 4.78 is 11.4. The number of aromatic nitrogens is 1. The van der Waals surface area contributed by atoms with Gasteiger partial charge < -0.3 is 9.47 Å². The van der Waals surface area contributed by atoms with E-state index in [4.69, 9.17) is 9.47 Å². The predicted molar refractivity (Wildman–Crippen MR) is 61.4 cm³/mol. The van der Waals surface area contributed by atoms with Gasteiger partial charge in [-0.25, -0.2) is 4.98 Å². The first-order valence-corrected chi connectivity index (χ1v) is 6.01. The van der Waals surface area contributed by atoms with Crippen molar-refractivity contribution < 1.29 is 9.47 Å². The molecule has 0 unspecified atom stereocenters. The molecular formula is C10H6BrNO2S. The second-order valence-electron chi connectivity index (χ2n) is 3.04. The van der Waals surface area contributed by atoms with Gasteiger partial charge in [-0.2, -0.15) is 0 Å². The fraction of sp³-hybridized carbons (Fsp3) is 0.100. The first-order valence-electron chi connectivity index (χ1n) is 4.34. The molecule has 0 fully saturated rings. The molecule has 0 amide bonds. The number of nitrogens with zero attached hydrogens (tertiary/aromatic N) is 1. The molecule has 3 rings (SSSR count). The molecule has 0 bridgehead atoms. The third-order valence-corrected chi connectivity index (χ3v) is 3.70. The molecule has 3 nitrogen and oxygen atoms in total. The summed E-state index contributed by atoms with van der Waals surface area (Å²) in [5, 5.41) is 2.93. The quantitative estimate of drug-likeness (QED) is 0.805. The van der Waals surface area contributed by atoms with E-state index in [1.807, 2.05) is 23.6 Å². The average molecular weight is 284 g/mol. The maximum atomic E-state index is 5.31. The summed E-state index contributed by atoms with van der Waals surface area (Å²) in [5.74, 6) is 1.59. The Labute approximate surface area is 98.8 Å². The number of benzene rings is 1. The van der Waals surface area contributed by atoms with Crippen LogP contribution in [0, 0.1) is 0 Å². The van der Waals surface area contributed by atoms with Crippen LogP contribution in [-0.2, 0) is 0 Å². The van der Waals surface area contributed by atoms with Crippen LogP contribution >= 0.6 is 27.3 Å². The standard InChI is InChI=1S/C10H6BrNO2S/c11-9-4-15-10(12-9)6-1-2-7-8(3-6)14-5-13-7/h1-4H,5H2. The molecule has 0 aliphatic carbocycles. The Hall–Kier alpha value is -1.07. The van der Waals surface area contributed by atoms with E-state index >= 15 is 0 Å². The number of hydrogen-bond donors (Lipinski definition) is 0. The molecule has 0 radical (unpaired) electrons. The normalized spacial score (nSPS) is 13.1. The van der Waals surface area contributed by atoms with Crippen molar-refractivity contribution in [2.24, 2.45) is 0 Å². The number of thiazole rings is 1. The van der Waals surface area contributed by atoms with Gasteiger partial charge in [-0.1, -0.05) is 0 Å². The zero-order valence-electron chi connectivity index (χ0n) is 7.57. The van der Waals surface area contributed by atoms with E-state index in [1.165, 1.54) is 0 Å². The molecule has 0 spiro atoms. The molecule has 2 aromatic rings. The van der Waals surface area contributed by atoms with Gasteiger partial charge in [0.05, 0.1) is 0 Å². The van der Waals surface area contributed by atoms with Crippen LogP contribution < -0.4 is 9.47 Å². The smallest absolute Gasteiger partial charge is 0.231 e. The van der Waals surface area contributed by atoms with E-state index in [0.717, 1.165) is 26.7 Å². The van der Waals surface area contributed by atoms with Crippen LogP contribution in [0.25, 0.3) is 10.6 Å². The SMILES string of the molecule is Brc1csc(-c2ccc3c(c2)OCO3)n1. The zero-order valence-corrected chi connectivity index (χ0v) is 9.97. The van der Waals surface area contributed by atoms with Crippen LogP contribution in [-0.4, -0.2) is 11.8 Å². The summed E-state index contributed by atoms with van der Waals surface area (Å²) in [6.45, 7) is 0.306. The van der Waals surface area contributed by atoms with Crippen LogP contribution in [0.3, 0.4) is 0 Å². The summed E-state index contributed by atoms with van der Waals surface area (Å²) in [4.78, 5) is 4.35. The fourth-order valence-electron chi connectivity index (χ4n) is 1.42. The van der Waals surface area contributed by atoms with Crippen molar-refractivity contribution in [2.45, 2.75) is 0 Å². The Morgan fingerprint density at radius 2 is 2.13 bits per heavy atom. The van der Waals surface area contributed by atoms with Crippen molar-refractivity contribution in [2.75, 3.05) is 6.79 Å². The summed E-state index contributed by atoms with van der Waals surface area (Å²) in [6.07, 6.45) is 0. The zero-order chi connectivity index (χ0) is 10.3. The Morgan fingerprint density at radius 3 is 2.93 bits per heavy atom. The van der Waals surface area contributed by atoms with Gasteiger partial charge in [0.15, 0.2) is 11.5 Å². The van der Waals surface area contributed by atoms with Gasteiger partial charge in [0, 0.05) is 10.9 Å². The van der Waals surface area contributed by atoms with Gasteiger partial charge in [0.2, 0.25) is 6.79 Å². The molecule has 1 aliphatic heterocycles. The van der Waals surface area contributed by atoms with Gasteiger partial charge >= 0.3 is 0 Å². The van der Waals surface area contributed by atoms with Crippen LogP contribution in [0.2, 0.25) is 0 Å². The number of ether oxygens (including phenoxy) is 2. The van der Waals surface area contributed by atoms with Gasteiger partial charge in [-0.3, -0.25) is 0 Å². The number of rotatable bonds is 1. The molecule has 5 heteroatoms. The van der Waals surface area contributed by atoms with Crippen LogP contribution in [0.4, 0.5) is 0 Å². The van der Waals surface area contributed by atoms with E-state index < -0.39 is 0 Å². The number of halogens is 1. The van der Waals surface area contributed by atoms with E-state index in [0.29, 0.717) is 6.79 Å². The molecule has 0 N–H and O–H groups in total. The summed E-state index contributed by atoms with van der Waals surface area (Å²) in [5.41, 5.74) is 1.05. The molecule has 76 valence electrons. The first kappa shape index (κ1) is 9.18. The lowest BCUT2D eigenvalue weighted by molar-refractivity contribution is 0.174. The van der Waals surface area contributed by atoms with E-state index in [9.17, 15) is 0 Å². The second-order valence-corrected chi connectivity index (χ2v) is 4.71. The summed E-state index contributed by atoms with van der Waals surface area (Å²) in [7, 11) is 0. The van der Waals surface area contributed by atoms with E-state index in [1.54, 1.807) is 11.3 Å². The minimum absolute atomic E-state index is 0.306. The number of fused-ring (bicyclic) bond motifs is 1. The molecule has 0 atom stereocenters. The van der Waals surface area contributed by atoms with E-state index in [-0.39, 0.29) is 0 Å². The lowest BCUT2D eigenvalue weighted by Crippen LogP contribution is -1.92. The van der Waals surface area contributed by atoms with Crippen molar-refractivity contribution in [1.29, 1.82) is 0 Å². The topological polar surface area (TPSA) is 31.4 Å². The maximum absolute atomic E-state index is 5.31. The minimum atomic E-state index is 0.306. The van der Waals surface area contributed by atoms with Crippen molar-refractivity contribution in [3.05, 3.63) is 28.2 Å². The maximum Gasteiger partial charge on any atom is 0.231 e. The van der Waals surface area contributed by atoms with Crippen LogP contribution in [0.15, 0.2) is 28.2 Å². The van der Waals surface area contributed by atoms with E-state index in [2.05, 4.69) is 20.9 Å². The highest BCUT2D eigenvalue weighted by Gasteiger charge is 2.14. The van der Waals surface area contributed by atoms with Gasteiger partial charge in [0.25, 0.3) is 0 Å². The highest BCUT2D eigenvalue weighted by Crippen LogP contribution is 2.36. The third-order valence-electron chi connectivity index (χ3n) is 2.10. The lowest BCUT2D eigenvalue weighted by atomic mass is 10.2. The average Bonchev–Trinajstić information content (AvgIpc) is 2.84. The van der Waals surface area contributed by atoms with Crippen molar-refractivity contribution in [3.63, 3.8) is 0 Å². The Morgan fingerprint density at radius 1 is 1.27 bits per heavy atom. The highest BCUT2D eigenvalue weighted by atomic mass is 79.9. The van der Waals surface area contributed by atoms with Crippen molar-refractivity contribution in [3.8, 4) is 22.1 Å². The fourth-order valence-corrected chi connectivity index (χ4v) is 2.67. The molecule has 15 heavy (non-hydrogen) atoms. The summed E-state index contributed by atoms with van der Waals surface area (Å²) >= 11 is 4.93. The Balaban J connectivity index is 2.06. The van der Waals surface area contributed by atoms with Crippen molar-refractivity contribution in [1.82, 2.24) is 4.98 Å². The third kappa shape index (κ3) is 1.61. The Bertz CT molecular complexity index is 512. The van der Waals surface area contributed by atoms with Crippen LogP contribution in [0.1, 0.15) is 0 Å².